The summed E-state index contributed by atoms with van der Waals surface area (Å²) >= 11 is 0. The molecule has 1 amide bonds. The molecule has 0 aromatic heterocycles. The predicted molar refractivity (Wildman–Crippen MR) is 133 cm³/mol. The predicted octanol–water partition coefficient (Wildman–Crippen LogP) is 5.77. The summed E-state index contributed by atoms with van der Waals surface area (Å²) in [6.07, 6.45) is 4.03. The van der Waals surface area contributed by atoms with Crippen molar-refractivity contribution in [2.45, 2.75) is 50.5 Å². The summed E-state index contributed by atoms with van der Waals surface area (Å²) in [5.74, 6) is -0.0457. The largest absolute Gasteiger partial charge is 0.321 e. The summed E-state index contributed by atoms with van der Waals surface area (Å²) in [5, 5.41) is 2.96. The Hall–Kier alpha value is -2.96. The van der Waals surface area contributed by atoms with Gasteiger partial charge in [-0.3, -0.25) is 4.79 Å². The lowest BCUT2D eigenvalue weighted by atomic mass is 9.87. The zero-order chi connectivity index (χ0) is 23.4. The second kappa shape index (κ2) is 9.89. The van der Waals surface area contributed by atoms with Crippen LogP contribution in [0.2, 0.25) is 0 Å². The van der Waals surface area contributed by atoms with Gasteiger partial charge in [0, 0.05) is 22.9 Å². The van der Waals surface area contributed by atoms with Crippen LogP contribution in [0, 0.1) is 12.8 Å². The first-order valence-corrected chi connectivity index (χ1v) is 12.9. The molecular weight excluding hydrogens is 432 g/mol. The Kier molecular flexibility index (Phi) is 6.96. The maximum Gasteiger partial charge on any atom is 0.255 e. The normalized spacial score (nSPS) is 18.6. The molecule has 1 aliphatic rings. The fourth-order valence-corrected chi connectivity index (χ4v) is 6.09. The van der Waals surface area contributed by atoms with E-state index >= 15 is 0 Å². The molecule has 6 heteroatoms. The van der Waals surface area contributed by atoms with Gasteiger partial charge in [-0.05, 0) is 55.0 Å². The third-order valence-electron chi connectivity index (χ3n) is 6.42. The quantitative estimate of drug-likeness (QED) is 0.488. The minimum absolute atomic E-state index is 0.0709. The molecule has 2 N–H and O–H groups in total. The number of carbonyl (C=O) groups excluding carboxylic acids is 1. The highest BCUT2D eigenvalue weighted by atomic mass is 32.2. The molecule has 1 fully saturated rings. The van der Waals surface area contributed by atoms with Crippen LogP contribution < -0.4 is 10.0 Å². The van der Waals surface area contributed by atoms with Gasteiger partial charge in [-0.25, -0.2) is 13.1 Å². The van der Waals surface area contributed by atoms with E-state index in [9.17, 15) is 13.2 Å². The molecule has 0 radical (unpaired) electrons. The zero-order valence-electron chi connectivity index (χ0n) is 19.0. The van der Waals surface area contributed by atoms with Crippen LogP contribution in [0.15, 0.2) is 77.7 Å². The van der Waals surface area contributed by atoms with Crippen LogP contribution >= 0.6 is 0 Å². The first-order chi connectivity index (χ1) is 15.8. The molecule has 0 saturated heterocycles. The van der Waals surface area contributed by atoms with Gasteiger partial charge in [0.25, 0.3) is 5.91 Å². The highest BCUT2D eigenvalue weighted by Crippen LogP contribution is 2.29. The Morgan fingerprint density at radius 2 is 1.61 bits per heavy atom. The van der Waals surface area contributed by atoms with Crippen LogP contribution in [-0.2, 0) is 10.0 Å². The van der Waals surface area contributed by atoms with Crippen molar-refractivity contribution in [1.82, 2.24) is 4.72 Å². The molecule has 0 heterocycles. The van der Waals surface area contributed by atoms with Crippen molar-refractivity contribution >= 4 is 21.6 Å². The van der Waals surface area contributed by atoms with E-state index in [2.05, 4.69) is 17.0 Å². The van der Waals surface area contributed by atoms with Crippen molar-refractivity contribution in [3.63, 3.8) is 0 Å². The Bertz CT molecular complexity index is 1240. The van der Waals surface area contributed by atoms with E-state index in [1.54, 1.807) is 19.1 Å². The van der Waals surface area contributed by atoms with Crippen molar-refractivity contribution in [2.75, 3.05) is 5.32 Å². The highest BCUT2D eigenvalue weighted by molar-refractivity contribution is 7.89. The average Bonchev–Trinajstić information content (AvgIpc) is 2.81. The lowest BCUT2D eigenvalue weighted by Gasteiger charge is -2.29. The van der Waals surface area contributed by atoms with Crippen LogP contribution in [0.4, 0.5) is 5.69 Å². The molecule has 2 unspecified atom stereocenters. The second-order valence-electron chi connectivity index (χ2n) is 8.84. The summed E-state index contributed by atoms with van der Waals surface area (Å²) in [6, 6.07) is 22.2. The molecule has 1 aliphatic carbocycles. The molecule has 33 heavy (non-hydrogen) atoms. The van der Waals surface area contributed by atoms with Crippen LogP contribution in [0.5, 0.6) is 0 Å². The monoisotopic (exact) mass is 462 g/mol. The maximum atomic E-state index is 13.2. The zero-order valence-corrected chi connectivity index (χ0v) is 19.9. The molecule has 0 aliphatic heterocycles. The topological polar surface area (TPSA) is 75.3 Å². The minimum Gasteiger partial charge on any atom is -0.321 e. The smallest absolute Gasteiger partial charge is 0.255 e. The SMILES string of the molecule is Cc1ccc(C(=O)Nc2ccccc2-c2ccccc2)cc1S(=O)(=O)NC1CCCCC1C. The Balaban J connectivity index is 1.59. The summed E-state index contributed by atoms with van der Waals surface area (Å²) in [5.41, 5.74) is 3.49. The first-order valence-electron chi connectivity index (χ1n) is 11.4. The van der Waals surface area contributed by atoms with Gasteiger partial charge in [-0.15, -0.1) is 0 Å². The van der Waals surface area contributed by atoms with Gasteiger partial charge < -0.3 is 5.32 Å². The molecule has 2 atom stereocenters. The maximum absolute atomic E-state index is 13.2. The van der Waals surface area contributed by atoms with E-state index in [1.165, 1.54) is 6.07 Å². The lowest BCUT2D eigenvalue weighted by molar-refractivity contribution is 0.102. The van der Waals surface area contributed by atoms with Gasteiger partial charge in [0.1, 0.15) is 0 Å². The van der Waals surface area contributed by atoms with E-state index < -0.39 is 10.0 Å². The van der Waals surface area contributed by atoms with Gasteiger partial charge in [0.2, 0.25) is 10.0 Å². The van der Waals surface area contributed by atoms with E-state index in [0.29, 0.717) is 22.7 Å². The molecule has 3 aromatic carbocycles. The number of rotatable bonds is 6. The highest BCUT2D eigenvalue weighted by Gasteiger charge is 2.28. The van der Waals surface area contributed by atoms with Crippen LogP contribution in [0.3, 0.4) is 0 Å². The molecule has 4 rings (SSSR count). The van der Waals surface area contributed by atoms with E-state index in [0.717, 1.165) is 36.8 Å². The van der Waals surface area contributed by atoms with Crippen molar-refractivity contribution in [3.8, 4) is 11.1 Å². The number of para-hydroxylation sites is 1. The fraction of sp³-hybridized carbons (Fsp3) is 0.296. The van der Waals surface area contributed by atoms with Crippen LogP contribution in [0.1, 0.15) is 48.5 Å². The Morgan fingerprint density at radius 1 is 0.909 bits per heavy atom. The number of anilines is 1. The van der Waals surface area contributed by atoms with Gasteiger partial charge in [-0.2, -0.15) is 0 Å². The summed E-state index contributed by atoms with van der Waals surface area (Å²) in [4.78, 5) is 13.3. The number of carbonyl (C=O) groups is 1. The number of nitrogens with one attached hydrogen (secondary N) is 2. The standard InChI is InChI=1S/C27H30N2O3S/c1-19-10-6-8-14-24(19)29-33(31,32)26-18-22(17-16-20(26)2)27(30)28-25-15-9-7-13-23(25)21-11-4-3-5-12-21/h3-5,7,9,11-13,15-19,24,29H,6,8,10,14H2,1-2H3,(H,28,30). The first kappa shape index (κ1) is 23.2. The van der Waals surface area contributed by atoms with Crippen LogP contribution in [0.25, 0.3) is 11.1 Å². The van der Waals surface area contributed by atoms with Crippen molar-refractivity contribution in [1.29, 1.82) is 0 Å². The van der Waals surface area contributed by atoms with Crippen molar-refractivity contribution in [2.24, 2.45) is 5.92 Å². The number of aryl methyl sites for hydroxylation is 1. The van der Waals surface area contributed by atoms with Crippen molar-refractivity contribution in [3.05, 3.63) is 83.9 Å². The van der Waals surface area contributed by atoms with E-state index in [-0.39, 0.29) is 16.8 Å². The molecule has 1 saturated carbocycles. The molecule has 5 nitrogen and oxygen atoms in total. The number of hydrogen-bond donors (Lipinski definition) is 2. The summed E-state index contributed by atoms with van der Waals surface area (Å²) in [7, 11) is -3.73. The third kappa shape index (κ3) is 5.34. The summed E-state index contributed by atoms with van der Waals surface area (Å²) in [6.45, 7) is 3.85. The third-order valence-corrected chi connectivity index (χ3v) is 8.05. The number of hydrogen-bond acceptors (Lipinski definition) is 3. The number of amides is 1. The lowest BCUT2D eigenvalue weighted by Crippen LogP contribution is -2.41. The summed E-state index contributed by atoms with van der Waals surface area (Å²) < 4.78 is 29.3. The van der Waals surface area contributed by atoms with Gasteiger partial charge in [0.15, 0.2) is 0 Å². The van der Waals surface area contributed by atoms with Crippen molar-refractivity contribution < 1.29 is 13.2 Å². The van der Waals surface area contributed by atoms with Crippen LogP contribution in [-0.4, -0.2) is 20.4 Å². The molecule has 3 aromatic rings. The van der Waals surface area contributed by atoms with E-state index in [1.807, 2.05) is 54.6 Å². The Morgan fingerprint density at radius 3 is 2.36 bits per heavy atom. The minimum atomic E-state index is -3.73. The Labute approximate surface area is 196 Å². The number of sulfonamides is 1. The van der Waals surface area contributed by atoms with E-state index in [4.69, 9.17) is 0 Å². The average molecular weight is 463 g/mol. The van der Waals surface area contributed by atoms with Gasteiger partial charge in [0.05, 0.1) is 4.90 Å². The molecule has 0 bridgehead atoms. The molecular formula is C27H30N2O3S. The van der Waals surface area contributed by atoms with Gasteiger partial charge in [-0.1, -0.05) is 74.4 Å². The molecule has 0 spiro atoms. The second-order valence-corrected chi connectivity index (χ2v) is 10.5. The van der Waals surface area contributed by atoms with Gasteiger partial charge >= 0.3 is 0 Å². The molecule has 172 valence electrons. The fourth-order valence-electron chi connectivity index (χ4n) is 4.44. The number of benzene rings is 3.